The number of benzene rings is 1. The standard InChI is InChI=1S/C14H14FN3/c1-9-8-16-14(17-12-6-7-12)18-13(9)10-2-4-11(15)5-3-10/h2-5,8,12H,6-7H2,1H3,(H,16,17,18). The van der Waals surface area contributed by atoms with Gasteiger partial charge in [0.25, 0.3) is 0 Å². The molecule has 92 valence electrons. The summed E-state index contributed by atoms with van der Waals surface area (Å²) in [6.07, 6.45) is 4.17. The molecular formula is C14H14FN3. The van der Waals surface area contributed by atoms with E-state index < -0.39 is 0 Å². The van der Waals surface area contributed by atoms with E-state index in [0.29, 0.717) is 12.0 Å². The number of hydrogen-bond donors (Lipinski definition) is 1. The van der Waals surface area contributed by atoms with E-state index in [1.54, 1.807) is 18.3 Å². The molecule has 3 nitrogen and oxygen atoms in total. The molecular weight excluding hydrogens is 229 g/mol. The van der Waals surface area contributed by atoms with Gasteiger partial charge in [-0.15, -0.1) is 0 Å². The fourth-order valence-electron chi connectivity index (χ4n) is 1.82. The van der Waals surface area contributed by atoms with E-state index in [-0.39, 0.29) is 5.82 Å². The van der Waals surface area contributed by atoms with Gasteiger partial charge >= 0.3 is 0 Å². The summed E-state index contributed by atoms with van der Waals surface area (Å²) in [5, 5.41) is 3.27. The van der Waals surface area contributed by atoms with Crippen LogP contribution in [0.5, 0.6) is 0 Å². The Kier molecular flexibility index (Phi) is 2.70. The van der Waals surface area contributed by atoms with Crippen molar-refractivity contribution >= 4 is 5.95 Å². The van der Waals surface area contributed by atoms with Gasteiger partial charge in [-0.2, -0.15) is 0 Å². The summed E-state index contributed by atoms with van der Waals surface area (Å²) in [5.74, 6) is 0.421. The van der Waals surface area contributed by atoms with E-state index in [2.05, 4.69) is 15.3 Å². The molecule has 4 heteroatoms. The van der Waals surface area contributed by atoms with Crippen LogP contribution in [0.15, 0.2) is 30.5 Å². The first-order valence-corrected chi connectivity index (χ1v) is 6.08. The fraction of sp³-hybridized carbons (Fsp3) is 0.286. The smallest absolute Gasteiger partial charge is 0.223 e. The van der Waals surface area contributed by atoms with Crippen molar-refractivity contribution in [2.75, 3.05) is 5.32 Å². The van der Waals surface area contributed by atoms with E-state index in [0.717, 1.165) is 16.8 Å². The lowest BCUT2D eigenvalue weighted by Crippen LogP contribution is -2.06. The summed E-state index contributed by atoms with van der Waals surface area (Å²) in [5.41, 5.74) is 2.76. The van der Waals surface area contributed by atoms with Crippen LogP contribution in [-0.4, -0.2) is 16.0 Å². The third-order valence-corrected chi connectivity index (χ3v) is 3.00. The molecule has 0 saturated heterocycles. The number of aromatic nitrogens is 2. The highest BCUT2D eigenvalue weighted by Crippen LogP contribution is 2.26. The Hall–Kier alpha value is -1.97. The molecule has 1 aromatic carbocycles. The molecule has 0 amide bonds. The first kappa shape index (κ1) is 11.1. The molecule has 1 saturated carbocycles. The number of rotatable bonds is 3. The highest BCUT2D eigenvalue weighted by Gasteiger charge is 2.22. The van der Waals surface area contributed by atoms with E-state index in [4.69, 9.17) is 0 Å². The molecule has 1 aromatic heterocycles. The SMILES string of the molecule is Cc1cnc(NC2CC2)nc1-c1ccc(F)cc1. The Balaban J connectivity index is 1.95. The lowest BCUT2D eigenvalue weighted by Gasteiger charge is -2.08. The van der Waals surface area contributed by atoms with Crippen molar-refractivity contribution in [3.63, 3.8) is 0 Å². The van der Waals surface area contributed by atoms with Crippen LogP contribution in [0.3, 0.4) is 0 Å². The van der Waals surface area contributed by atoms with Crippen LogP contribution < -0.4 is 5.32 Å². The van der Waals surface area contributed by atoms with E-state index in [1.165, 1.54) is 25.0 Å². The minimum Gasteiger partial charge on any atom is -0.351 e. The third-order valence-electron chi connectivity index (χ3n) is 3.00. The zero-order valence-corrected chi connectivity index (χ0v) is 10.2. The van der Waals surface area contributed by atoms with Gasteiger partial charge < -0.3 is 5.32 Å². The zero-order chi connectivity index (χ0) is 12.5. The summed E-state index contributed by atoms with van der Waals surface area (Å²) in [4.78, 5) is 8.77. The predicted molar refractivity (Wildman–Crippen MR) is 68.8 cm³/mol. The van der Waals surface area contributed by atoms with Crippen molar-refractivity contribution in [1.29, 1.82) is 0 Å². The minimum atomic E-state index is -0.234. The summed E-state index contributed by atoms with van der Waals surface area (Å²) in [6, 6.07) is 6.90. The Labute approximate surface area is 105 Å². The number of hydrogen-bond acceptors (Lipinski definition) is 3. The second kappa shape index (κ2) is 4.37. The molecule has 0 radical (unpaired) electrons. The van der Waals surface area contributed by atoms with Crippen molar-refractivity contribution < 1.29 is 4.39 Å². The van der Waals surface area contributed by atoms with E-state index in [1.807, 2.05) is 6.92 Å². The van der Waals surface area contributed by atoms with Crippen LogP contribution in [0.4, 0.5) is 10.3 Å². The van der Waals surface area contributed by atoms with Gasteiger partial charge in [0, 0.05) is 17.8 Å². The Bertz CT molecular complexity index is 562. The quantitative estimate of drug-likeness (QED) is 0.899. The summed E-state index contributed by atoms with van der Waals surface area (Å²) in [6.45, 7) is 1.96. The van der Waals surface area contributed by atoms with Crippen molar-refractivity contribution in [2.24, 2.45) is 0 Å². The van der Waals surface area contributed by atoms with Gasteiger partial charge in [-0.05, 0) is 49.6 Å². The zero-order valence-electron chi connectivity index (χ0n) is 10.2. The molecule has 2 aromatic rings. The fourth-order valence-corrected chi connectivity index (χ4v) is 1.82. The molecule has 0 unspecified atom stereocenters. The van der Waals surface area contributed by atoms with Crippen LogP contribution in [0.2, 0.25) is 0 Å². The summed E-state index contributed by atoms with van der Waals surface area (Å²) >= 11 is 0. The van der Waals surface area contributed by atoms with Gasteiger partial charge in [0.15, 0.2) is 0 Å². The number of aryl methyl sites for hydroxylation is 1. The van der Waals surface area contributed by atoms with Crippen molar-refractivity contribution in [1.82, 2.24) is 9.97 Å². The summed E-state index contributed by atoms with van der Waals surface area (Å²) < 4.78 is 12.9. The molecule has 18 heavy (non-hydrogen) atoms. The van der Waals surface area contributed by atoms with Gasteiger partial charge in [0.2, 0.25) is 5.95 Å². The molecule has 1 heterocycles. The Morgan fingerprint density at radius 3 is 2.61 bits per heavy atom. The van der Waals surface area contributed by atoms with Gasteiger partial charge in [-0.3, -0.25) is 0 Å². The number of anilines is 1. The highest BCUT2D eigenvalue weighted by atomic mass is 19.1. The lowest BCUT2D eigenvalue weighted by atomic mass is 10.1. The average Bonchev–Trinajstić information content (AvgIpc) is 3.17. The number of nitrogens with one attached hydrogen (secondary N) is 1. The largest absolute Gasteiger partial charge is 0.351 e. The maximum atomic E-state index is 12.9. The Morgan fingerprint density at radius 1 is 1.22 bits per heavy atom. The van der Waals surface area contributed by atoms with E-state index >= 15 is 0 Å². The maximum absolute atomic E-state index is 12.9. The molecule has 1 fully saturated rings. The molecule has 1 aliphatic carbocycles. The molecule has 0 atom stereocenters. The highest BCUT2D eigenvalue weighted by molar-refractivity contribution is 5.63. The van der Waals surface area contributed by atoms with Gasteiger partial charge in [0.05, 0.1) is 5.69 Å². The summed E-state index contributed by atoms with van der Waals surface area (Å²) in [7, 11) is 0. The monoisotopic (exact) mass is 243 g/mol. The second-order valence-corrected chi connectivity index (χ2v) is 4.65. The molecule has 0 bridgehead atoms. The number of halogens is 1. The molecule has 3 rings (SSSR count). The molecule has 1 N–H and O–H groups in total. The normalized spacial score (nSPS) is 14.6. The van der Waals surface area contributed by atoms with Crippen LogP contribution in [-0.2, 0) is 0 Å². The first-order valence-electron chi connectivity index (χ1n) is 6.08. The van der Waals surface area contributed by atoms with Crippen molar-refractivity contribution in [2.45, 2.75) is 25.8 Å². The van der Waals surface area contributed by atoms with Crippen LogP contribution in [0.25, 0.3) is 11.3 Å². The first-order chi connectivity index (χ1) is 8.72. The average molecular weight is 243 g/mol. The lowest BCUT2D eigenvalue weighted by molar-refractivity contribution is 0.628. The Morgan fingerprint density at radius 2 is 1.94 bits per heavy atom. The van der Waals surface area contributed by atoms with Gasteiger partial charge in [0.1, 0.15) is 5.82 Å². The van der Waals surface area contributed by atoms with Crippen LogP contribution >= 0.6 is 0 Å². The van der Waals surface area contributed by atoms with Crippen LogP contribution in [0.1, 0.15) is 18.4 Å². The minimum absolute atomic E-state index is 0.234. The van der Waals surface area contributed by atoms with Crippen LogP contribution in [0, 0.1) is 12.7 Å². The molecule has 0 aliphatic heterocycles. The maximum Gasteiger partial charge on any atom is 0.223 e. The van der Waals surface area contributed by atoms with Gasteiger partial charge in [-0.1, -0.05) is 0 Å². The second-order valence-electron chi connectivity index (χ2n) is 4.65. The topological polar surface area (TPSA) is 37.8 Å². The van der Waals surface area contributed by atoms with Gasteiger partial charge in [-0.25, -0.2) is 14.4 Å². The third kappa shape index (κ3) is 2.32. The van der Waals surface area contributed by atoms with Crippen molar-refractivity contribution in [3.8, 4) is 11.3 Å². The predicted octanol–water partition coefficient (Wildman–Crippen LogP) is 3.17. The molecule has 0 spiro atoms. The van der Waals surface area contributed by atoms with Crippen molar-refractivity contribution in [3.05, 3.63) is 41.8 Å². The molecule has 1 aliphatic rings. The number of nitrogens with zero attached hydrogens (tertiary/aromatic N) is 2. The van der Waals surface area contributed by atoms with E-state index in [9.17, 15) is 4.39 Å².